The summed E-state index contributed by atoms with van der Waals surface area (Å²) in [6, 6.07) is 3.50. The van der Waals surface area contributed by atoms with Crippen molar-refractivity contribution >= 4 is 26.8 Å². The molecule has 0 aliphatic carbocycles. The average Bonchev–Trinajstić information content (AvgIpc) is 3.04. The Morgan fingerprint density at radius 3 is 0.974 bits per heavy atom. The maximum atomic E-state index is 7.32. The highest BCUT2D eigenvalue weighted by Crippen LogP contribution is 2.62. The molecule has 9 heteroatoms. The van der Waals surface area contributed by atoms with Crippen molar-refractivity contribution in [2.75, 3.05) is 0 Å². The monoisotopic (exact) mass is 592 g/mol. The van der Waals surface area contributed by atoms with Gasteiger partial charge in [-0.3, -0.25) is 18.3 Å². The Bertz CT molecular complexity index is 1050. The van der Waals surface area contributed by atoms with E-state index >= 15 is 0 Å². The van der Waals surface area contributed by atoms with Gasteiger partial charge in [-0.15, -0.1) is 0 Å². The van der Waals surface area contributed by atoms with Gasteiger partial charge in [-0.2, -0.15) is 10.5 Å². The van der Waals surface area contributed by atoms with Crippen molar-refractivity contribution < 1.29 is 21.5 Å². The van der Waals surface area contributed by atoms with Crippen LogP contribution in [0.3, 0.4) is 0 Å². The Hall–Kier alpha value is -1.88. The minimum absolute atomic E-state index is 0. The number of nitrogens with zero attached hydrogens (tertiary/aromatic N) is 6. The summed E-state index contributed by atoms with van der Waals surface area (Å²) in [4.78, 5) is 0. The third-order valence-corrected chi connectivity index (χ3v) is 28.6. The first-order valence-corrected chi connectivity index (χ1v) is 18.0. The van der Waals surface area contributed by atoms with Crippen LogP contribution in [0.15, 0.2) is 0 Å². The Balaban J connectivity index is 0. The van der Waals surface area contributed by atoms with Crippen LogP contribution in [-0.2, 0) is 28.2 Å². The van der Waals surface area contributed by atoms with E-state index < -0.39 is 15.9 Å². The minimum Gasteiger partial charge on any atom is -1.00 e. The van der Waals surface area contributed by atoms with Crippen LogP contribution >= 0.6 is 0 Å². The van der Waals surface area contributed by atoms with Gasteiger partial charge in [0.05, 0.1) is 51.2 Å². The van der Waals surface area contributed by atoms with E-state index in [1.54, 1.807) is 23.0 Å². The second-order valence-corrected chi connectivity index (χ2v) is 24.9. The van der Waals surface area contributed by atoms with Gasteiger partial charge in [0.25, 0.3) is 0 Å². The largest absolute Gasteiger partial charge is 1.00 e. The highest BCUT2D eigenvalue weighted by atomic mass is 35.5. The van der Waals surface area contributed by atoms with Gasteiger partial charge >= 0.3 is 0 Å². The predicted octanol–water partition coefficient (Wildman–Crippen LogP) is 1.85. The molecule has 0 saturated carbocycles. The van der Waals surface area contributed by atoms with Crippen LogP contribution in [0.1, 0.15) is 98.9 Å². The van der Waals surface area contributed by atoms with Crippen molar-refractivity contribution in [2.24, 2.45) is 28.2 Å². The molecule has 0 amide bonds. The summed E-state index contributed by atoms with van der Waals surface area (Å²) in [5, 5.41) is 15.3. The van der Waals surface area contributed by atoms with E-state index in [2.05, 4.69) is 136 Å². The van der Waals surface area contributed by atoms with E-state index in [9.17, 15) is 0 Å². The standard InChI is InChI=1S/C26H51N4Si2.2C2H3N.ClH/c1-18-19(2)28(15)22(27(18)14)31(23-29(16)20(3)21(4)30(23)17)32(24(5,6)7,25(8,9)10)26(11,12)13;2*1-2-3;/h1-17H3;2*1H3;1H/q+1;;;/p-1. The molecule has 2 rings (SSSR count). The number of aromatic nitrogens is 4. The molecule has 39 heavy (non-hydrogen) atoms. The molecule has 2 aromatic heterocycles. The number of imidazole rings is 2. The normalized spacial score (nSPS) is 11.7. The fourth-order valence-corrected chi connectivity index (χ4v) is 30.3. The summed E-state index contributed by atoms with van der Waals surface area (Å²) in [5.74, 6) is 0. The van der Waals surface area contributed by atoms with E-state index in [0.29, 0.717) is 0 Å². The van der Waals surface area contributed by atoms with Crippen molar-refractivity contribution in [1.82, 2.24) is 9.13 Å². The molecule has 0 unspecified atom stereocenters. The topological polar surface area (TPSA) is 65.2 Å². The molecule has 222 valence electrons. The van der Waals surface area contributed by atoms with E-state index in [1.807, 2.05) is 0 Å². The zero-order chi connectivity index (χ0) is 30.8. The van der Waals surface area contributed by atoms with Crippen LogP contribution in [0.25, 0.3) is 0 Å². The fourth-order valence-electron chi connectivity index (χ4n) is 7.66. The van der Waals surface area contributed by atoms with Gasteiger partial charge in [0, 0.05) is 41.5 Å². The highest BCUT2D eigenvalue weighted by Gasteiger charge is 2.60. The Kier molecular flexibility index (Phi) is 13.8. The second kappa shape index (κ2) is 13.7. The molecule has 2 aromatic rings. The summed E-state index contributed by atoms with van der Waals surface area (Å²) in [5.41, 5.74) is 8.63. The molecular formula is C30H57ClN6Si2. The lowest BCUT2D eigenvalue weighted by atomic mass is 10.2. The van der Waals surface area contributed by atoms with Crippen LogP contribution in [0.2, 0.25) is 15.1 Å². The van der Waals surface area contributed by atoms with E-state index in [0.717, 1.165) is 0 Å². The zero-order valence-corrected chi connectivity index (χ0v) is 31.3. The van der Waals surface area contributed by atoms with Gasteiger partial charge in [0.1, 0.15) is 22.8 Å². The first kappa shape index (κ1) is 39.3. The molecule has 0 fully saturated rings. The summed E-state index contributed by atoms with van der Waals surface area (Å²) < 4.78 is 10.1. The third-order valence-electron chi connectivity index (χ3n) is 8.53. The Labute approximate surface area is 249 Å². The van der Waals surface area contributed by atoms with Crippen LogP contribution < -0.4 is 32.4 Å². The number of rotatable bonds is 3. The Morgan fingerprint density at radius 2 is 0.846 bits per heavy atom. The smallest absolute Gasteiger partial charge is 0.139 e. The van der Waals surface area contributed by atoms with Crippen molar-refractivity contribution in [3.05, 3.63) is 22.8 Å². The molecule has 0 bridgehead atoms. The highest BCUT2D eigenvalue weighted by molar-refractivity contribution is 7.44. The van der Waals surface area contributed by atoms with Gasteiger partial charge in [-0.25, -0.2) is 0 Å². The van der Waals surface area contributed by atoms with Gasteiger partial charge < -0.3 is 12.4 Å². The van der Waals surface area contributed by atoms with Crippen LogP contribution in [0, 0.1) is 50.4 Å². The average molecular weight is 593 g/mol. The van der Waals surface area contributed by atoms with Gasteiger partial charge in [0.2, 0.25) is 0 Å². The number of halogens is 1. The zero-order valence-electron chi connectivity index (χ0n) is 28.6. The summed E-state index contributed by atoms with van der Waals surface area (Å²) in [7, 11) is 5.88. The number of hydrogen-bond donors (Lipinski definition) is 0. The Morgan fingerprint density at radius 1 is 0.641 bits per heavy atom. The first-order valence-electron chi connectivity index (χ1n) is 13.5. The second-order valence-electron chi connectivity index (χ2n) is 13.5. The summed E-state index contributed by atoms with van der Waals surface area (Å²) in [6.45, 7) is 34.9. The fraction of sp³-hybridized carbons (Fsp3) is 0.733. The first-order chi connectivity index (χ1) is 17.0. The SMILES string of the molecule is CC#N.CC#N.Cc1c(C)[n+](C)c([Si-](c2n(C)c(C)c(C)[n+]2C)[Si](C(C)(C)C)(C(C)(C)C)C(C)(C)C)n1C.[Cl-]. The van der Waals surface area contributed by atoms with Gasteiger partial charge in [0.15, 0.2) is 0 Å². The number of hydrogen-bond acceptors (Lipinski definition) is 2. The van der Waals surface area contributed by atoms with Gasteiger partial charge in [-0.1, -0.05) is 77.4 Å². The van der Waals surface area contributed by atoms with Crippen LogP contribution in [-0.4, -0.2) is 25.0 Å². The molecule has 0 aliphatic heterocycles. The summed E-state index contributed by atoms with van der Waals surface area (Å²) in [6.07, 6.45) is 0. The van der Waals surface area contributed by atoms with E-state index in [-0.39, 0.29) is 27.5 Å². The number of nitriles is 2. The van der Waals surface area contributed by atoms with Crippen molar-refractivity contribution in [3.8, 4) is 12.1 Å². The maximum Gasteiger partial charge on any atom is 0.139 e. The third kappa shape index (κ3) is 6.72. The molecule has 0 aromatic carbocycles. The molecule has 6 nitrogen and oxygen atoms in total. The molecule has 2 heterocycles. The molecular weight excluding hydrogens is 536 g/mol. The molecule has 0 N–H and O–H groups in total. The molecule has 0 aliphatic rings. The van der Waals surface area contributed by atoms with Gasteiger partial charge in [-0.05, 0) is 15.9 Å². The molecule has 0 atom stereocenters. The van der Waals surface area contributed by atoms with Crippen LogP contribution in [0.4, 0.5) is 0 Å². The van der Waals surface area contributed by atoms with Crippen molar-refractivity contribution in [1.29, 1.82) is 10.5 Å². The molecule has 0 spiro atoms. The van der Waals surface area contributed by atoms with Crippen LogP contribution in [0.5, 0.6) is 0 Å². The van der Waals surface area contributed by atoms with E-state index in [4.69, 9.17) is 10.5 Å². The lowest BCUT2D eigenvalue weighted by molar-refractivity contribution is -0.664. The lowest BCUT2D eigenvalue weighted by Gasteiger charge is -2.68. The van der Waals surface area contributed by atoms with Crippen molar-refractivity contribution in [3.63, 3.8) is 0 Å². The lowest BCUT2D eigenvalue weighted by Crippen LogP contribution is -3.00. The quantitative estimate of drug-likeness (QED) is 0.403. The molecule has 0 radical (unpaired) electrons. The maximum absolute atomic E-state index is 7.32. The predicted molar refractivity (Wildman–Crippen MR) is 165 cm³/mol. The van der Waals surface area contributed by atoms with Crippen molar-refractivity contribution in [2.45, 2.75) is 119 Å². The summed E-state index contributed by atoms with van der Waals surface area (Å²) >= 11 is 0. The van der Waals surface area contributed by atoms with E-state index in [1.165, 1.54) is 36.6 Å². The minimum atomic E-state index is -2.14. The molecule has 0 saturated heterocycles.